The van der Waals surface area contributed by atoms with E-state index in [9.17, 15) is 17.5 Å². The van der Waals surface area contributed by atoms with Crippen LogP contribution in [0.1, 0.15) is 16.4 Å². The molecule has 4 nitrogen and oxygen atoms in total. The summed E-state index contributed by atoms with van der Waals surface area (Å²) in [4.78, 5) is 0.367. The average molecular weight is 324 g/mol. The highest BCUT2D eigenvalue weighted by Crippen LogP contribution is 2.60. The third-order valence-electron chi connectivity index (χ3n) is 3.65. The van der Waals surface area contributed by atoms with Crippen molar-refractivity contribution in [1.29, 1.82) is 0 Å². The maximum atomic E-state index is 12.6. The number of benzene rings is 2. The second-order valence-corrected chi connectivity index (χ2v) is 9.44. The van der Waals surface area contributed by atoms with Crippen LogP contribution in [0, 0.1) is 0 Å². The van der Waals surface area contributed by atoms with Crippen LogP contribution < -0.4 is 0 Å². The predicted molar refractivity (Wildman–Crippen MR) is 84.2 cm³/mol. The van der Waals surface area contributed by atoms with Crippen molar-refractivity contribution in [3.8, 4) is 0 Å². The third kappa shape index (κ3) is 2.72. The maximum Gasteiger partial charge on any atom is 0.163 e. The van der Waals surface area contributed by atoms with E-state index >= 15 is 0 Å². The van der Waals surface area contributed by atoms with Crippen molar-refractivity contribution in [2.24, 2.45) is 0 Å². The largest absolute Gasteiger partial charge is 0.295 e. The molecule has 0 aliphatic carbocycles. The summed E-state index contributed by atoms with van der Waals surface area (Å²) in [6.45, 7) is 0. The van der Waals surface area contributed by atoms with E-state index in [2.05, 4.69) is 0 Å². The first-order chi connectivity index (χ1) is 9.90. The molecule has 0 saturated carbocycles. The van der Waals surface area contributed by atoms with Crippen molar-refractivity contribution in [2.75, 3.05) is 5.75 Å². The highest BCUT2D eigenvalue weighted by atomic mass is 32.3. The molecule has 1 heterocycles. The molecule has 1 aliphatic heterocycles. The first-order valence-electron chi connectivity index (χ1n) is 6.50. The molecule has 1 unspecified atom stereocenters. The van der Waals surface area contributed by atoms with Gasteiger partial charge in [-0.3, -0.25) is 9.11 Å². The zero-order valence-corrected chi connectivity index (χ0v) is 12.8. The van der Waals surface area contributed by atoms with E-state index in [4.69, 9.17) is 0 Å². The first kappa shape index (κ1) is 14.6. The fourth-order valence-corrected chi connectivity index (χ4v) is 7.23. The van der Waals surface area contributed by atoms with Gasteiger partial charge in [-0.25, -0.2) is 8.42 Å². The van der Waals surface area contributed by atoms with Crippen LogP contribution in [0.3, 0.4) is 0 Å². The van der Waals surface area contributed by atoms with Gasteiger partial charge < -0.3 is 0 Å². The summed E-state index contributed by atoms with van der Waals surface area (Å²) in [5.41, 5.74) is 1.23. The molecular weight excluding hydrogens is 308 g/mol. The van der Waals surface area contributed by atoms with Gasteiger partial charge in [-0.2, -0.15) is 10.6 Å². The fraction of sp³-hybridized carbons (Fsp3) is 0.200. The van der Waals surface area contributed by atoms with Crippen LogP contribution in [-0.4, -0.2) is 23.3 Å². The lowest BCUT2D eigenvalue weighted by molar-refractivity contribution is 0.491. The Labute approximate surface area is 125 Å². The van der Waals surface area contributed by atoms with Crippen molar-refractivity contribution in [1.82, 2.24) is 0 Å². The van der Waals surface area contributed by atoms with Gasteiger partial charge in [0.1, 0.15) is 5.25 Å². The molecule has 21 heavy (non-hydrogen) atoms. The van der Waals surface area contributed by atoms with Gasteiger partial charge in [0.15, 0.2) is 9.84 Å². The van der Waals surface area contributed by atoms with E-state index in [0.29, 0.717) is 16.0 Å². The molecule has 1 aliphatic rings. The van der Waals surface area contributed by atoms with Gasteiger partial charge >= 0.3 is 0 Å². The molecule has 2 aromatic carbocycles. The number of hydrogen-bond donors (Lipinski definition) is 2. The summed E-state index contributed by atoms with van der Waals surface area (Å²) < 4.78 is 45.5. The molecule has 112 valence electrons. The summed E-state index contributed by atoms with van der Waals surface area (Å²) in [7, 11) is -6.51. The standard InChI is InChI=1S/C15H16O4S2/c16-20(17,10-12-6-2-1-3-7-12)15-11-21(18,19)14-9-5-4-8-13(14)15/h1-9,15,18-19H,10-11H2. The molecule has 0 bridgehead atoms. The highest BCUT2D eigenvalue weighted by Gasteiger charge is 2.41. The number of fused-ring (bicyclic) bond motifs is 1. The minimum Gasteiger partial charge on any atom is -0.295 e. The summed E-state index contributed by atoms with van der Waals surface area (Å²) in [5, 5.41) is -0.848. The highest BCUT2D eigenvalue weighted by molar-refractivity contribution is 8.25. The fourth-order valence-electron chi connectivity index (χ4n) is 2.64. The van der Waals surface area contributed by atoms with Gasteiger partial charge in [-0.15, -0.1) is 0 Å². The summed E-state index contributed by atoms with van der Waals surface area (Å²) >= 11 is 0. The van der Waals surface area contributed by atoms with E-state index in [1.807, 2.05) is 6.07 Å². The van der Waals surface area contributed by atoms with Gasteiger partial charge in [-0.1, -0.05) is 48.5 Å². The molecule has 0 spiro atoms. The number of sulfone groups is 1. The van der Waals surface area contributed by atoms with Gasteiger partial charge in [0.25, 0.3) is 0 Å². The van der Waals surface area contributed by atoms with E-state index < -0.39 is 25.7 Å². The van der Waals surface area contributed by atoms with E-state index in [0.717, 1.165) is 0 Å². The van der Waals surface area contributed by atoms with Crippen LogP contribution >= 0.6 is 10.6 Å². The zero-order valence-electron chi connectivity index (χ0n) is 11.2. The molecule has 2 N–H and O–H groups in total. The Hall–Kier alpha value is -1.34. The van der Waals surface area contributed by atoms with Crippen LogP contribution in [-0.2, 0) is 15.6 Å². The molecule has 0 aromatic heterocycles. The van der Waals surface area contributed by atoms with Crippen LogP contribution in [0.2, 0.25) is 0 Å². The van der Waals surface area contributed by atoms with E-state index in [-0.39, 0.29) is 11.5 Å². The number of rotatable bonds is 3. The number of hydrogen-bond acceptors (Lipinski definition) is 4. The van der Waals surface area contributed by atoms with Gasteiger partial charge in [-0.05, 0) is 17.2 Å². The van der Waals surface area contributed by atoms with Gasteiger partial charge in [0, 0.05) is 0 Å². The van der Waals surface area contributed by atoms with E-state index in [1.165, 1.54) is 0 Å². The maximum absolute atomic E-state index is 12.6. The van der Waals surface area contributed by atoms with Crippen LogP contribution in [0.15, 0.2) is 59.5 Å². The van der Waals surface area contributed by atoms with Gasteiger partial charge in [0.05, 0.1) is 16.4 Å². The molecule has 3 rings (SSSR count). The molecule has 0 fully saturated rings. The topological polar surface area (TPSA) is 74.6 Å². The Morgan fingerprint density at radius 2 is 1.62 bits per heavy atom. The van der Waals surface area contributed by atoms with E-state index in [1.54, 1.807) is 48.5 Å². The Morgan fingerprint density at radius 3 is 2.33 bits per heavy atom. The van der Waals surface area contributed by atoms with Gasteiger partial charge in [0.2, 0.25) is 0 Å². The Kier molecular flexibility index (Phi) is 3.57. The summed E-state index contributed by atoms with van der Waals surface area (Å²) in [6, 6.07) is 15.6. The SMILES string of the molecule is O=S(=O)(Cc1ccccc1)C1CS(O)(O)c2ccccc21. The normalized spacial score (nSPS) is 21.7. The second-order valence-electron chi connectivity index (χ2n) is 5.15. The summed E-state index contributed by atoms with van der Waals surface area (Å²) in [5.74, 6) is -0.232. The predicted octanol–water partition coefficient (Wildman–Crippen LogP) is 3.47. The van der Waals surface area contributed by atoms with Crippen LogP contribution in [0.5, 0.6) is 0 Å². The minimum absolute atomic E-state index is 0.0949. The lowest BCUT2D eigenvalue weighted by atomic mass is 10.2. The van der Waals surface area contributed by atoms with Crippen molar-refractivity contribution in [3.05, 3.63) is 65.7 Å². The molecule has 1 atom stereocenters. The monoisotopic (exact) mass is 324 g/mol. The van der Waals surface area contributed by atoms with Crippen molar-refractivity contribution in [3.63, 3.8) is 0 Å². The van der Waals surface area contributed by atoms with Crippen LogP contribution in [0.4, 0.5) is 0 Å². The minimum atomic E-state index is -3.50. The van der Waals surface area contributed by atoms with Crippen molar-refractivity contribution < 1.29 is 17.5 Å². The zero-order chi connectivity index (χ0) is 15.1. The quantitative estimate of drug-likeness (QED) is 0.906. The smallest absolute Gasteiger partial charge is 0.163 e. The average Bonchev–Trinajstić information content (AvgIpc) is 2.73. The Balaban J connectivity index is 1.98. The Bertz CT molecular complexity index is 754. The third-order valence-corrected chi connectivity index (χ3v) is 7.75. The molecule has 0 amide bonds. The molecule has 0 radical (unpaired) electrons. The lowest BCUT2D eigenvalue weighted by Gasteiger charge is -2.27. The molecule has 6 heteroatoms. The molecule has 0 saturated heterocycles. The lowest BCUT2D eigenvalue weighted by Crippen LogP contribution is -2.16. The van der Waals surface area contributed by atoms with Crippen molar-refractivity contribution >= 4 is 20.4 Å². The molecular formula is C15H16O4S2. The second kappa shape index (κ2) is 5.14. The summed E-state index contributed by atoms with van der Waals surface area (Å²) in [6.07, 6.45) is 0. The Morgan fingerprint density at radius 1 is 1.00 bits per heavy atom. The van der Waals surface area contributed by atoms with Crippen molar-refractivity contribution in [2.45, 2.75) is 15.9 Å². The van der Waals surface area contributed by atoms with Crippen LogP contribution in [0.25, 0.3) is 0 Å². The first-order valence-corrected chi connectivity index (χ1v) is 9.94. The molecule has 2 aromatic rings.